The van der Waals surface area contributed by atoms with E-state index in [-0.39, 0.29) is 29.9 Å². The van der Waals surface area contributed by atoms with Crippen LogP contribution < -0.4 is 0 Å². The van der Waals surface area contributed by atoms with Crippen LogP contribution in [0.2, 0.25) is 0 Å². The highest BCUT2D eigenvalue weighted by Gasteiger charge is 2.46. The lowest BCUT2D eigenvalue weighted by atomic mass is 9.85. The number of benzene rings is 1. The Bertz CT molecular complexity index is 569. The van der Waals surface area contributed by atoms with Crippen LogP contribution in [-0.4, -0.2) is 36.0 Å². The molecule has 3 rings (SSSR count). The Balaban J connectivity index is 1.89. The van der Waals surface area contributed by atoms with Gasteiger partial charge >= 0.3 is 5.97 Å². The minimum atomic E-state index is -0.390. The van der Waals surface area contributed by atoms with Crippen LogP contribution in [0.1, 0.15) is 42.7 Å². The van der Waals surface area contributed by atoms with Crippen LogP contribution in [0.4, 0.5) is 0 Å². The number of hydrogen-bond acceptors (Lipinski definition) is 3. The van der Waals surface area contributed by atoms with E-state index in [1.807, 2.05) is 31.2 Å². The fourth-order valence-corrected chi connectivity index (χ4v) is 3.80. The van der Waals surface area contributed by atoms with Gasteiger partial charge in [0.05, 0.1) is 13.0 Å². The average Bonchev–Trinajstić information content (AvgIpc) is 2.93. The van der Waals surface area contributed by atoms with Gasteiger partial charge in [0.1, 0.15) is 6.04 Å². The maximum atomic E-state index is 12.9. The van der Waals surface area contributed by atoms with Gasteiger partial charge in [0.15, 0.2) is 0 Å². The van der Waals surface area contributed by atoms with Gasteiger partial charge in [0.25, 0.3) is 0 Å². The Labute approximate surface area is 125 Å². The summed E-state index contributed by atoms with van der Waals surface area (Å²) >= 11 is 0. The van der Waals surface area contributed by atoms with Crippen LogP contribution in [-0.2, 0) is 14.3 Å². The summed E-state index contributed by atoms with van der Waals surface area (Å²) in [6.07, 6.45) is 3.48. The lowest BCUT2D eigenvalue weighted by Crippen LogP contribution is -2.50. The summed E-state index contributed by atoms with van der Waals surface area (Å²) in [7, 11) is 1.39. The normalized spacial score (nSPS) is 28.4. The third-order valence-corrected chi connectivity index (χ3v) is 4.88. The van der Waals surface area contributed by atoms with E-state index in [0.29, 0.717) is 0 Å². The van der Waals surface area contributed by atoms with Gasteiger partial charge in [-0.2, -0.15) is 0 Å². The molecule has 0 aromatic heterocycles. The first-order valence-electron chi connectivity index (χ1n) is 7.59. The number of methoxy groups -OCH3 is 1. The third-order valence-electron chi connectivity index (χ3n) is 4.88. The lowest BCUT2D eigenvalue weighted by Gasteiger charge is -2.37. The fraction of sp³-hybridized carbons (Fsp3) is 0.529. The number of fused-ring (bicyclic) bond motifs is 1. The van der Waals surface area contributed by atoms with Crippen molar-refractivity contribution in [3.63, 3.8) is 0 Å². The Morgan fingerprint density at radius 3 is 2.62 bits per heavy atom. The van der Waals surface area contributed by atoms with Crippen LogP contribution in [0.15, 0.2) is 24.3 Å². The summed E-state index contributed by atoms with van der Waals surface area (Å²) in [6, 6.07) is 7.85. The Morgan fingerprint density at radius 1 is 1.19 bits per heavy atom. The predicted molar refractivity (Wildman–Crippen MR) is 78.8 cm³/mol. The molecule has 2 saturated heterocycles. The molecule has 0 N–H and O–H groups in total. The topological polar surface area (TPSA) is 46.6 Å². The van der Waals surface area contributed by atoms with E-state index in [4.69, 9.17) is 4.74 Å². The molecule has 4 heteroatoms. The molecule has 1 aromatic carbocycles. The molecule has 3 atom stereocenters. The summed E-state index contributed by atoms with van der Waals surface area (Å²) in [5.74, 6) is -0.308. The molecular formula is C17H21NO3. The van der Waals surface area contributed by atoms with Crippen molar-refractivity contribution >= 4 is 11.9 Å². The van der Waals surface area contributed by atoms with E-state index < -0.39 is 0 Å². The van der Waals surface area contributed by atoms with E-state index >= 15 is 0 Å². The van der Waals surface area contributed by atoms with Gasteiger partial charge in [-0.15, -0.1) is 0 Å². The maximum Gasteiger partial charge on any atom is 0.328 e. The Kier molecular flexibility index (Phi) is 3.70. The monoisotopic (exact) mass is 287 g/mol. The number of nitrogens with zero attached hydrogens (tertiary/aromatic N) is 1. The van der Waals surface area contributed by atoms with E-state index in [1.54, 1.807) is 4.90 Å². The first kappa shape index (κ1) is 14.1. The number of piperidine rings is 1. The molecule has 0 saturated carbocycles. The number of esters is 1. The van der Waals surface area contributed by atoms with Gasteiger partial charge in [-0.05, 0) is 43.7 Å². The highest BCUT2D eigenvalue weighted by atomic mass is 16.5. The van der Waals surface area contributed by atoms with Gasteiger partial charge in [-0.25, -0.2) is 4.79 Å². The second-order valence-electron chi connectivity index (χ2n) is 6.00. The summed E-state index contributed by atoms with van der Waals surface area (Å²) in [5, 5.41) is 0. The summed E-state index contributed by atoms with van der Waals surface area (Å²) in [4.78, 5) is 26.6. The van der Waals surface area contributed by atoms with Gasteiger partial charge in [0, 0.05) is 6.04 Å². The van der Waals surface area contributed by atoms with Crippen molar-refractivity contribution < 1.29 is 14.3 Å². The molecule has 0 bridgehead atoms. The van der Waals surface area contributed by atoms with Crippen molar-refractivity contribution in [3.8, 4) is 0 Å². The molecule has 2 heterocycles. The minimum absolute atomic E-state index is 0.0912. The van der Waals surface area contributed by atoms with Gasteiger partial charge < -0.3 is 9.64 Å². The number of amides is 1. The number of carbonyl (C=O) groups is 2. The van der Waals surface area contributed by atoms with Crippen molar-refractivity contribution in [2.45, 2.75) is 50.6 Å². The van der Waals surface area contributed by atoms with E-state index in [2.05, 4.69) is 0 Å². The number of aryl methyl sites for hydroxylation is 1. The van der Waals surface area contributed by atoms with E-state index in [0.717, 1.165) is 36.8 Å². The number of rotatable bonds is 2. The first-order valence-corrected chi connectivity index (χ1v) is 7.59. The average molecular weight is 287 g/mol. The third kappa shape index (κ3) is 2.33. The van der Waals surface area contributed by atoms with Gasteiger partial charge in [-0.3, -0.25) is 4.79 Å². The molecule has 0 radical (unpaired) electrons. The van der Waals surface area contributed by atoms with Crippen molar-refractivity contribution in [2.24, 2.45) is 0 Å². The zero-order chi connectivity index (χ0) is 15.0. The molecule has 4 nitrogen and oxygen atoms in total. The SMILES string of the molecule is COC(=O)[C@@H]1CC[C@@H]2CC[C@H](c3ccccc3C)C(=O)N21. The zero-order valence-electron chi connectivity index (χ0n) is 12.5. The van der Waals surface area contributed by atoms with E-state index in [9.17, 15) is 9.59 Å². The Morgan fingerprint density at radius 2 is 1.90 bits per heavy atom. The maximum absolute atomic E-state index is 12.9. The van der Waals surface area contributed by atoms with Gasteiger partial charge in [0.2, 0.25) is 5.91 Å². The number of hydrogen-bond donors (Lipinski definition) is 0. The van der Waals surface area contributed by atoms with Gasteiger partial charge in [-0.1, -0.05) is 24.3 Å². The minimum Gasteiger partial charge on any atom is -0.467 e. The van der Waals surface area contributed by atoms with Crippen LogP contribution in [0, 0.1) is 6.92 Å². The number of ether oxygens (including phenoxy) is 1. The fourth-order valence-electron chi connectivity index (χ4n) is 3.80. The van der Waals surface area contributed by atoms with Crippen molar-refractivity contribution in [2.75, 3.05) is 7.11 Å². The van der Waals surface area contributed by atoms with Crippen molar-refractivity contribution in [1.82, 2.24) is 4.90 Å². The zero-order valence-corrected chi connectivity index (χ0v) is 12.5. The number of carbonyl (C=O) groups excluding carboxylic acids is 2. The molecule has 2 aliphatic heterocycles. The highest BCUT2D eigenvalue weighted by molar-refractivity contribution is 5.90. The quantitative estimate of drug-likeness (QED) is 0.785. The molecule has 0 unspecified atom stereocenters. The standard InChI is InChI=1S/C17H21NO3/c1-11-5-3-4-6-13(11)14-9-7-12-8-10-15(17(20)21-2)18(12)16(14)19/h3-6,12,14-15H,7-10H2,1-2H3/t12-,14+,15-/m0/s1. The highest BCUT2D eigenvalue weighted by Crippen LogP contribution is 2.39. The van der Waals surface area contributed by atoms with Crippen LogP contribution in [0.25, 0.3) is 0 Å². The second-order valence-corrected chi connectivity index (χ2v) is 6.00. The summed E-state index contributed by atoms with van der Waals surface area (Å²) < 4.78 is 4.86. The van der Waals surface area contributed by atoms with Crippen molar-refractivity contribution in [1.29, 1.82) is 0 Å². The van der Waals surface area contributed by atoms with Crippen LogP contribution in [0.3, 0.4) is 0 Å². The van der Waals surface area contributed by atoms with Crippen LogP contribution >= 0.6 is 0 Å². The molecule has 0 spiro atoms. The Hall–Kier alpha value is -1.84. The summed E-state index contributed by atoms with van der Waals surface area (Å²) in [5.41, 5.74) is 2.24. The lowest BCUT2D eigenvalue weighted by molar-refractivity contribution is -0.154. The largest absolute Gasteiger partial charge is 0.467 e. The van der Waals surface area contributed by atoms with E-state index in [1.165, 1.54) is 7.11 Å². The van der Waals surface area contributed by atoms with Crippen molar-refractivity contribution in [3.05, 3.63) is 35.4 Å². The molecule has 2 fully saturated rings. The molecule has 1 amide bonds. The molecule has 1 aromatic rings. The molecule has 2 aliphatic rings. The second kappa shape index (κ2) is 5.51. The first-order chi connectivity index (χ1) is 10.1. The molecular weight excluding hydrogens is 266 g/mol. The van der Waals surface area contributed by atoms with Crippen LogP contribution in [0.5, 0.6) is 0 Å². The smallest absolute Gasteiger partial charge is 0.328 e. The molecule has 21 heavy (non-hydrogen) atoms. The molecule has 112 valence electrons. The summed E-state index contributed by atoms with van der Waals surface area (Å²) in [6.45, 7) is 2.04. The predicted octanol–water partition coefficient (Wildman–Crippen LogP) is 2.41. The molecule has 0 aliphatic carbocycles.